The number of carboxylic acids is 1. The van der Waals surface area contributed by atoms with E-state index < -0.39 is 11.9 Å². The molecule has 2 aromatic rings. The van der Waals surface area contributed by atoms with Crippen LogP contribution < -0.4 is 5.32 Å². The summed E-state index contributed by atoms with van der Waals surface area (Å²) in [7, 11) is 0. The first-order valence-corrected chi connectivity index (χ1v) is 6.48. The van der Waals surface area contributed by atoms with Gasteiger partial charge in [0.05, 0.1) is 27.6 Å². The number of carbonyl (C=O) groups excluding carboxylic acids is 1. The number of anilines is 1. The first kappa shape index (κ1) is 15.2. The summed E-state index contributed by atoms with van der Waals surface area (Å²) in [6.45, 7) is 0. The first-order chi connectivity index (χ1) is 9.97. The zero-order valence-corrected chi connectivity index (χ0v) is 12.0. The van der Waals surface area contributed by atoms with Gasteiger partial charge in [-0.1, -0.05) is 23.2 Å². The van der Waals surface area contributed by atoms with Gasteiger partial charge >= 0.3 is 5.97 Å². The minimum Gasteiger partial charge on any atom is -0.478 e. The Morgan fingerprint density at radius 3 is 2.62 bits per heavy atom. The van der Waals surface area contributed by atoms with E-state index in [1.807, 2.05) is 0 Å². The highest BCUT2D eigenvalue weighted by Gasteiger charge is 2.13. The third-order valence-electron chi connectivity index (χ3n) is 2.49. The summed E-state index contributed by atoms with van der Waals surface area (Å²) in [6.07, 6.45) is 4.19. The molecule has 0 aliphatic carbocycles. The second kappa shape index (κ2) is 6.47. The first-order valence-electron chi connectivity index (χ1n) is 5.72. The third kappa shape index (κ3) is 3.87. The number of nitrogens with one attached hydrogen (secondary N) is 1. The number of benzene rings is 1. The average Bonchev–Trinajstić information content (AvgIpc) is 2.92. The maximum absolute atomic E-state index is 11.7. The van der Waals surface area contributed by atoms with Crippen LogP contribution in [0.3, 0.4) is 0 Å². The van der Waals surface area contributed by atoms with Crippen molar-refractivity contribution in [3.63, 3.8) is 0 Å². The Bertz CT molecular complexity index is 708. The number of carbonyl (C=O) groups is 2. The SMILES string of the molecule is O=C(/C=C/c1ccco1)Nc1cc(C(=O)O)c(Cl)cc1Cl. The lowest BCUT2D eigenvalue weighted by atomic mass is 10.2. The monoisotopic (exact) mass is 325 g/mol. The molecular weight excluding hydrogens is 317 g/mol. The van der Waals surface area contributed by atoms with Crippen LogP contribution in [0.2, 0.25) is 10.0 Å². The molecule has 1 amide bonds. The highest BCUT2D eigenvalue weighted by Crippen LogP contribution is 2.29. The van der Waals surface area contributed by atoms with Crippen LogP contribution in [0.4, 0.5) is 5.69 Å². The van der Waals surface area contributed by atoms with E-state index in [0.717, 1.165) is 0 Å². The van der Waals surface area contributed by atoms with Gasteiger partial charge in [-0.05, 0) is 30.3 Å². The number of amides is 1. The maximum atomic E-state index is 11.7. The molecular formula is C14H9Cl2NO4. The Labute approximate surface area is 129 Å². The molecule has 0 unspecified atom stereocenters. The fourth-order valence-electron chi connectivity index (χ4n) is 1.53. The Kier molecular flexibility index (Phi) is 4.67. The molecule has 1 aromatic carbocycles. The fraction of sp³-hybridized carbons (Fsp3) is 0. The molecule has 0 bridgehead atoms. The second-order valence-corrected chi connectivity index (χ2v) is 4.77. The fourth-order valence-corrected chi connectivity index (χ4v) is 2.04. The summed E-state index contributed by atoms with van der Waals surface area (Å²) < 4.78 is 5.04. The van der Waals surface area contributed by atoms with Crippen molar-refractivity contribution in [3.05, 3.63) is 58.0 Å². The van der Waals surface area contributed by atoms with Gasteiger partial charge in [0.2, 0.25) is 5.91 Å². The highest BCUT2D eigenvalue weighted by atomic mass is 35.5. The molecule has 0 radical (unpaired) electrons. The van der Waals surface area contributed by atoms with Crippen molar-refractivity contribution in [2.24, 2.45) is 0 Å². The zero-order valence-electron chi connectivity index (χ0n) is 10.5. The van der Waals surface area contributed by atoms with Gasteiger partial charge in [0, 0.05) is 6.08 Å². The molecule has 1 heterocycles. The lowest BCUT2D eigenvalue weighted by molar-refractivity contribution is -0.111. The Morgan fingerprint density at radius 2 is 2.00 bits per heavy atom. The molecule has 1 aromatic heterocycles. The van der Waals surface area contributed by atoms with Crippen molar-refractivity contribution in [1.82, 2.24) is 0 Å². The van der Waals surface area contributed by atoms with Gasteiger partial charge in [-0.25, -0.2) is 4.79 Å². The van der Waals surface area contributed by atoms with E-state index in [2.05, 4.69) is 5.32 Å². The van der Waals surface area contributed by atoms with Crippen LogP contribution in [0.5, 0.6) is 0 Å². The molecule has 0 aliphatic heterocycles. The lowest BCUT2D eigenvalue weighted by Crippen LogP contribution is -2.09. The smallest absolute Gasteiger partial charge is 0.337 e. The van der Waals surface area contributed by atoms with E-state index in [4.69, 9.17) is 32.7 Å². The van der Waals surface area contributed by atoms with E-state index in [1.165, 1.54) is 30.5 Å². The number of halogens is 2. The number of rotatable bonds is 4. The summed E-state index contributed by atoms with van der Waals surface area (Å²) in [5, 5.41) is 11.6. The predicted octanol–water partition coefficient (Wildman–Crippen LogP) is 3.94. The lowest BCUT2D eigenvalue weighted by Gasteiger charge is -2.07. The van der Waals surface area contributed by atoms with Gasteiger partial charge in [-0.2, -0.15) is 0 Å². The summed E-state index contributed by atoms with van der Waals surface area (Å²) in [5.41, 5.74) is 0.0129. The maximum Gasteiger partial charge on any atom is 0.337 e. The topological polar surface area (TPSA) is 79.5 Å². The number of furan rings is 1. The predicted molar refractivity (Wildman–Crippen MR) is 79.8 cm³/mol. The van der Waals surface area contributed by atoms with Gasteiger partial charge in [0.25, 0.3) is 0 Å². The van der Waals surface area contributed by atoms with Crippen LogP contribution in [0, 0.1) is 0 Å². The van der Waals surface area contributed by atoms with Crippen molar-refractivity contribution in [1.29, 1.82) is 0 Å². The van der Waals surface area contributed by atoms with E-state index in [1.54, 1.807) is 12.1 Å². The highest BCUT2D eigenvalue weighted by molar-refractivity contribution is 6.38. The van der Waals surface area contributed by atoms with Gasteiger partial charge in [0.15, 0.2) is 0 Å². The van der Waals surface area contributed by atoms with Crippen molar-refractivity contribution >= 4 is 46.8 Å². The standard InChI is InChI=1S/C14H9Cl2NO4/c15-10-7-11(16)12(6-9(10)14(19)20)17-13(18)4-3-8-2-1-5-21-8/h1-7H,(H,17,18)(H,19,20)/b4-3+. The Balaban J connectivity index is 2.17. The molecule has 2 N–H and O–H groups in total. The van der Waals surface area contributed by atoms with E-state index in [0.29, 0.717) is 5.76 Å². The van der Waals surface area contributed by atoms with E-state index in [9.17, 15) is 9.59 Å². The van der Waals surface area contributed by atoms with E-state index in [-0.39, 0.29) is 21.3 Å². The molecule has 2 rings (SSSR count). The normalized spacial score (nSPS) is 10.8. The summed E-state index contributed by atoms with van der Waals surface area (Å²) >= 11 is 11.7. The molecule has 0 atom stereocenters. The summed E-state index contributed by atoms with van der Waals surface area (Å²) in [4.78, 5) is 22.7. The summed E-state index contributed by atoms with van der Waals surface area (Å²) in [5.74, 6) is -1.18. The molecule has 0 fully saturated rings. The van der Waals surface area contributed by atoms with Crippen LogP contribution in [-0.2, 0) is 4.79 Å². The molecule has 7 heteroatoms. The number of aromatic carboxylic acids is 1. The molecule has 0 aliphatic rings. The van der Waals surface area contributed by atoms with Crippen LogP contribution in [-0.4, -0.2) is 17.0 Å². The van der Waals surface area contributed by atoms with Crippen molar-refractivity contribution in [2.75, 3.05) is 5.32 Å². The molecule has 108 valence electrons. The van der Waals surface area contributed by atoms with Crippen molar-refractivity contribution in [3.8, 4) is 0 Å². The largest absolute Gasteiger partial charge is 0.478 e. The minimum atomic E-state index is -1.21. The summed E-state index contributed by atoms with van der Waals surface area (Å²) in [6, 6.07) is 5.83. The minimum absolute atomic E-state index is 0.00312. The molecule has 21 heavy (non-hydrogen) atoms. The van der Waals surface area contributed by atoms with Gasteiger partial charge in [-0.3, -0.25) is 4.79 Å². The second-order valence-electron chi connectivity index (χ2n) is 3.96. The zero-order chi connectivity index (χ0) is 15.4. The van der Waals surface area contributed by atoms with Gasteiger partial charge < -0.3 is 14.8 Å². The quantitative estimate of drug-likeness (QED) is 0.834. The third-order valence-corrected chi connectivity index (χ3v) is 3.11. The Morgan fingerprint density at radius 1 is 1.24 bits per heavy atom. The molecule has 0 saturated carbocycles. The van der Waals surface area contributed by atoms with E-state index >= 15 is 0 Å². The average molecular weight is 326 g/mol. The van der Waals surface area contributed by atoms with Crippen LogP contribution in [0.25, 0.3) is 6.08 Å². The number of carboxylic acid groups (broad SMARTS) is 1. The van der Waals surface area contributed by atoms with Crippen LogP contribution in [0.15, 0.2) is 41.0 Å². The Hall–Kier alpha value is -2.24. The van der Waals surface area contributed by atoms with Crippen LogP contribution in [0.1, 0.15) is 16.1 Å². The number of hydrogen-bond acceptors (Lipinski definition) is 3. The van der Waals surface area contributed by atoms with Gasteiger partial charge in [-0.15, -0.1) is 0 Å². The number of hydrogen-bond donors (Lipinski definition) is 2. The molecule has 0 saturated heterocycles. The van der Waals surface area contributed by atoms with Crippen molar-refractivity contribution < 1.29 is 19.1 Å². The van der Waals surface area contributed by atoms with Crippen molar-refractivity contribution in [2.45, 2.75) is 0 Å². The van der Waals surface area contributed by atoms with Crippen LogP contribution >= 0.6 is 23.2 Å². The molecule has 5 nitrogen and oxygen atoms in total. The molecule has 0 spiro atoms. The van der Waals surface area contributed by atoms with Gasteiger partial charge in [0.1, 0.15) is 5.76 Å².